The third kappa shape index (κ3) is 4.84. The van der Waals surface area contributed by atoms with Crippen molar-refractivity contribution in [2.75, 3.05) is 13.2 Å². The number of aryl methyl sites for hydroxylation is 2. The molecule has 0 aliphatic heterocycles. The van der Waals surface area contributed by atoms with E-state index >= 15 is 0 Å². The SMILES string of the molecule is Cc1cccc(C)c1OCC(O)CNC(c1cccs1)C1CCCC1. The van der Waals surface area contributed by atoms with E-state index in [4.69, 9.17) is 4.74 Å². The largest absolute Gasteiger partial charge is 0.490 e. The van der Waals surface area contributed by atoms with Gasteiger partial charge in [0.15, 0.2) is 0 Å². The van der Waals surface area contributed by atoms with E-state index in [1.54, 1.807) is 0 Å². The lowest BCUT2D eigenvalue weighted by molar-refractivity contribution is 0.100. The van der Waals surface area contributed by atoms with Crippen LogP contribution in [0.1, 0.15) is 47.7 Å². The Hall–Kier alpha value is -1.36. The summed E-state index contributed by atoms with van der Waals surface area (Å²) in [5, 5.41) is 16.1. The zero-order chi connectivity index (χ0) is 17.6. The Morgan fingerprint density at radius 2 is 1.88 bits per heavy atom. The maximum atomic E-state index is 10.4. The summed E-state index contributed by atoms with van der Waals surface area (Å²) in [7, 11) is 0. The van der Waals surface area contributed by atoms with Crippen molar-refractivity contribution in [2.45, 2.75) is 51.7 Å². The fourth-order valence-corrected chi connectivity index (χ4v) is 4.68. The van der Waals surface area contributed by atoms with Gasteiger partial charge in [-0.25, -0.2) is 0 Å². The number of nitrogens with one attached hydrogen (secondary N) is 1. The van der Waals surface area contributed by atoms with Crippen LogP contribution in [0.25, 0.3) is 0 Å². The van der Waals surface area contributed by atoms with Crippen molar-refractivity contribution in [1.82, 2.24) is 5.32 Å². The molecule has 136 valence electrons. The molecule has 3 nitrogen and oxygen atoms in total. The smallest absolute Gasteiger partial charge is 0.125 e. The van der Waals surface area contributed by atoms with Gasteiger partial charge in [-0.2, -0.15) is 0 Å². The van der Waals surface area contributed by atoms with Gasteiger partial charge < -0.3 is 15.2 Å². The van der Waals surface area contributed by atoms with E-state index in [0.717, 1.165) is 16.9 Å². The van der Waals surface area contributed by atoms with E-state index in [2.05, 4.69) is 22.8 Å². The number of aliphatic hydroxyl groups is 1. The molecular weight excluding hydrogens is 330 g/mol. The molecule has 0 radical (unpaired) electrons. The summed E-state index contributed by atoms with van der Waals surface area (Å²) in [6.07, 6.45) is 4.71. The molecule has 1 saturated carbocycles. The van der Waals surface area contributed by atoms with Crippen LogP contribution in [0.15, 0.2) is 35.7 Å². The average molecular weight is 360 g/mol. The highest BCUT2D eigenvalue weighted by molar-refractivity contribution is 7.10. The number of para-hydroxylation sites is 1. The van der Waals surface area contributed by atoms with Crippen molar-refractivity contribution in [1.29, 1.82) is 0 Å². The molecule has 1 fully saturated rings. The minimum atomic E-state index is -0.511. The molecule has 0 spiro atoms. The average Bonchev–Trinajstić information content (AvgIpc) is 3.29. The van der Waals surface area contributed by atoms with Crippen molar-refractivity contribution in [3.63, 3.8) is 0 Å². The molecular formula is C21H29NO2S. The first-order chi connectivity index (χ1) is 12.1. The number of ether oxygens (including phenoxy) is 1. The van der Waals surface area contributed by atoms with E-state index in [-0.39, 0.29) is 0 Å². The van der Waals surface area contributed by atoms with Gasteiger partial charge in [-0.05, 0) is 55.2 Å². The lowest BCUT2D eigenvalue weighted by Crippen LogP contribution is -2.36. The van der Waals surface area contributed by atoms with Crippen molar-refractivity contribution >= 4 is 11.3 Å². The van der Waals surface area contributed by atoms with Crippen LogP contribution in [0.5, 0.6) is 5.75 Å². The Balaban J connectivity index is 1.54. The molecule has 2 atom stereocenters. The maximum Gasteiger partial charge on any atom is 0.125 e. The summed E-state index contributed by atoms with van der Waals surface area (Å²) in [4.78, 5) is 1.38. The molecule has 1 aromatic carbocycles. The quantitative estimate of drug-likeness (QED) is 0.722. The lowest BCUT2D eigenvalue weighted by atomic mass is 9.96. The first-order valence-electron chi connectivity index (χ1n) is 9.29. The molecule has 1 aliphatic carbocycles. The Morgan fingerprint density at radius 1 is 1.16 bits per heavy atom. The maximum absolute atomic E-state index is 10.4. The van der Waals surface area contributed by atoms with Gasteiger partial charge in [0.2, 0.25) is 0 Å². The Bertz CT molecular complexity index is 630. The molecule has 1 aromatic heterocycles. The normalized spacial score (nSPS) is 17.6. The molecule has 0 amide bonds. The van der Waals surface area contributed by atoms with Crippen LogP contribution in [0.2, 0.25) is 0 Å². The first kappa shape index (κ1) is 18.4. The number of rotatable bonds is 8. The third-order valence-corrected chi connectivity index (χ3v) is 6.08. The molecule has 4 heteroatoms. The molecule has 1 heterocycles. The first-order valence-corrected chi connectivity index (χ1v) is 10.2. The molecule has 0 bridgehead atoms. The van der Waals surface area contributed by atoms with Gasteiger partial charge in [-0.1, -0.05) is 37.1 Å². The van der Waals surface area contributed by atoms with Crippen molar-refractivity contribution < 1.29 is 9.84 Å². The van der Waals surface area contributed by atoms with Gasteiger partial charge in [0, 0.05) is 17.5 Å². The number of hydrogen-bond donors (Lipinski definition) is 2. The van der Waals surface area contributed by atoms with Gasteiger partial charge >= 0.3 is 0 Å². The van der Waals surface area contributed by atoms with Crippen molar-refractivity contribution in [3.05, 3.63) is 51.7 Å². The third-order valence-electron chi connectivity index (χ3n) is 5.12. The molecule has 25 heavy (non-hydrogen) atoms. The predicted octanol–water partition coefficient (Wildman–Crippen LogP) is 4.63. The molecule has 0 saturated heterocycles. The van der Waals surface area contributed by atoms with E-state index in [1.165, 1.54) is 30.6 Å². The van der Waals surface area contributed by atoms with E-state index in [0.29, 0.717) is 25.1 Å². The minimum absolute atomic E-state index is 0.320. The number of benzene rings is 1. The summed E-state index contributed by atoms with van der Waals surface area (Å²) >= 11 is 1.81. The molecule has 2 N–H and O–H groups in total. The van der Waals surface area contributed by atoms with Gasteiger partial charge in [0.1, 0.15) is 18.5 Å². The van der Waals surface area contributed by atoms with Crippen LogP contribution in [0.4, 0.5) is 0 Å². The van der Waals surface area contributed by atoms with Crippen LogP contribution >= 0.6 is 11.3 Å². The summed E-state index contributed by atoms with van der Waals surface area (Å²) < 4.78 is 5.89. The van der Waals surface area contributed by atoms with Gasteiger partial charge in [-0.3, -0.25) is 0 Å². The number of aliphatic hydroxyl groups excluding tert-OH is 1. The van der Waals surface area contributed by atoms with Gasteiger partial charge in [-0.15, -0.1) is 11.3 Å². The Kier molecular flexibility index (Phi) is 6.51. The summed E-state index contributed by atoms with van der Waals surface area (Å²) in [6, 6.07) is 10.8. The van der Waals surface area contributed by atoms with Crippen LogP contribution in [0.3, 0.4) is 0 Å². The zero-order valence-electron chi connectivity index (χ0n) is 15.2. The highest BCUT2D eigenvalue weighted by atomic mass is 32.1. The van der Waals surface area contributed by atoms with Crippen LogP contribution in [-0.4, -0.2) is 24.4 Å². The fourth-order valence-electron chi connectivity index (χ4n) is 3.79. The summed E-state index contributed by atoms with van der Waals surface area (Å²) in [5.41, 5.74) is 2.23. The Morgan fingerprint density at radius 3 is 2.52 bits per heavy atom. The topological polar surface area (TPSA) is 41.5 Å². The minimum Gasteiger partial charge on any atom is -0.490 e. The van der Waals surface area contributed by atoms with Crippen molar-refractivity contribution in [3.8, 4) is 5.75 Å². The highest BCUT2D eigenvalue weighted by Crippen LogP contribution is 2.37. The van der Waals surface area contributed by atoms with E-state index in [1.807, 2.05) is 43.4 Å². The second kappa shape index (κ2) is 8.84. The predicted molar refractivity (Wildman–Crippen MR) is 104 cm³/mol. The van der Waals surface area contributed by atoms with Crippen molar-refractivity contribution in [2.24, 2.45) is 5.92 Å². The monoisotopic (exact) mass is 359 g/mol. The van der Waals surface area contributed by atoms with Crippen LogP contribution in [0, 0.1) is 19.8 Å². The van der Waals surface area contributed by atoms with Gasteiger partial charge in [0.25, 0.3) is 0 Å². The molecule has 2 aromatic rings. The number of thiophene rings is 1. The molecule has 2 unspecified atom stereocenters. The summed E-state index contributed by atoms with van der Waals surface area (Å²) in [5.74, 6) is 1.58. The second-order valence-electron chi connectivity index (χ2n) is 7.13. The fraction of sp³-hybridized carbons (Fsp3) is 0.524. The summed E-state index contributed by atoms with van der Waals surface area (Å²) in [6.45, 7) is 4.96. The van der Waals surface area contributed by atoms with E-state index in [9.17, 15) is 5.11 Å². The van der Waals surface area contributed by atoms with E-state index < -0.39 is 6.10 Å². The Labute approximate surface area is 155 Å². The van der Waals surface area contributed by atoms with Crippen LogP contribution in [-0.2, 0) is 0 Å². The molecule has 3 rings (SSSR count). The standard InChI is InChI=1S/C21H29NO2S/c1-15-7-5-8-16(2)21(15)24-14-18(23)13-22-20(17-9-3-4-10-17)19-11-6-12-25-19/h5-8,11-12,17-18,20,22-23H,3-4,9-10,13-14H2,1-2H3. The second-order valence-corrected chi connectivity index (χ2v) is 8.11. The van der Waals surface area contributed by atoms with Crippen LogP contribution < -0.4 is 10.1 Å². The highest BCUT2D eigenvalue weighted by Gasteiger charge is 2.27. The van der Waals surface area contributed by atoms with Gasteiger partial charge in [0.05, 0.1) is 0 Å². The molecule has 1 aliphatic rings. The zero-order valence-corrected chi connectivity index (χ0v) is 16.0. The lowest BCUT2D eigenvalue weighted by Gasteiger charge is -2.25. The number of hydrogen-bond acceptors (Lipinski definition) is 4.